The van der Waals surface area contributed by atoms with Crippen molar-refractivity contribution in [3.05, 3.63) is 23.4 Å². The Morgan fingerprint density at radius 1 is 1.50 bits per heavy atom. The minimum absolute atomic E-state index is 0.242. The second-order valence-corrected chi connectivity index (χ2v) is 5.32. The van der Waals surface area contributed by atoms with E-state index in [0.717, 1.165) is 36.5 Å². The Bertz CT molecular complexity index is 406. The van der Waals surface area contributed by atoms with Gasteiger partial charge >= 0.3 is 0 Å². The average molecular weight is 249 g/mol. The molecule has 0 saturated carbocycles. The van der Waals surface area contributed by atoms with E-state index in [1.54, 1.807) is 0 Å². The standard InChI is InChI=1S/C14H23N3O/c1-10(2)13-6-5-11(8-15)14(16-13)17-7-3-4-12(18)9-17/h5-6,10,12,18H,3-4,7-9,15H2,1-2H3/t12-/m1/s1. The van der Waals surface area contributed by atoms with Crippen molar-refractivity contribution in [1.29, 1.82) is 0 Å². The summed E-state index contributed by atoms with van der Waals surface area (Å²) >= 11 is 0. The maximum absolute atomic E-state index is 9.78. The molecular weight excluding hydrogens is 226 g/mol. The predicted molar refractivity (Wildman–Crippen MR) is 73.7 cm³/mol. The number of piperidine rings is 1. The number of aliphatic hydroxyl groups excluding tert-OH is 1. The van der Waals surface area contributed by atoms with Gasteiger partial charge in [-0.2, -0.15) is 0 Å². The lowest BCUT2D eigenvalue weighted by Crippen LogP contribution is -2.39. The molecule has 1 aromatic heterocycles. The highest BCUT2D eigenvalue weighted by atomic mass is 16.3. The van der Waals surface area contributed by atoms with Crippen molar-refractivity contribution in [3.8, 4) is 0 Å². The molecule has 1 aliphatic rings. The van der Waals surface area contributed by atoms with Crippen LogP contribution in [-0.4, -0.2) is 29.3 Å². The van der Waals surface area contributed by atoms with Crippen LogP contribution in [0.2, 0.25) is 0 Å². The molecule has 0 amide bonds. The van der Waals surface area contributed by atoms with Crippen LogP contribution in [0.4, 0.5) is 5.82 Å². The van der Waals surface area contributed by atoms with Crippen LogP contribution in [0.15, 0.2) is 12.1 Å². The van der Waals surface area contributed by atoms with Crippen LogP contribution in [0, 0.1) is 0 Å². The fourth-order valence-electron chi connectivity index (χ4n) is 2.39. The third-order valence-electron chi connectivity index (χ3n) is 3.48. The first kappa shape index (κ1) is 13.3. The Morgan fingerprint density at radius 2 is 2.28 bits per heavy atom. The third-order valence-corrected chi connectivity index (χ3v) is 3.48. The highest BCUT2D eigenvalue weighted by Crippen LogP contribution is 2.24. The van der Waals surface area contributed by atoms with Gasteiger partial charge in [0.25, 0.3) is 0 Å². The van der Waals surface area contributed by atoms with Crippen LogP contribution >= 0.6 is 0 Å². The summed E-state index contributed by atoms with van der Waals surface area (Å²) in [6, 6.07) is 4.12. The Morgan fingerprint density at radius 3 is 2.89 bits per heavy atom. The molecule has 0 aliphatic carbocycles. The molecule has 0 spiro atoms. The Hall–Kier alpha value is -1.13. The highest BCUT2D eigenvalue weighted by Gasteiger charge is 2.21. The largest absolute Gasteiger partial charge is 0.391 e. The van der Waals surface area contributed by atoms with Gasteiger partial charge in [-0.25, -0.2) is 4.98 Å². The van der Waals surface area contributed by atoms with Crippen LogP contribution in [-0.2, 0) is 6.54 Å². The van der Waals surface area contributed by atoms with Crippen molar-refractivity contribution in [1.82, 2.24) is 4.98 Å². The average Bonchev–Trinajstić information content (AvgIpc) is 2.38. The summed E-state index contributed by atoms with van der Waals surface area (Å²) in [5.74, 6) is 1.37. The number of hydrogen-bond acceptors (Lipinski definition) is 4. The molecule has 0 unspecified atom stereocenters. The van der Waals surface area contributed by atoms with E-state index in [1.807, 2.05) is 0 Å². The van der Waals surface area contributed by atoms with Gasteiger partial charge in [0.15, 0.2) is 0 Å². The molecule has 0 radical (unpaired) electrons. The van der Waals surface area contributed by atoms with E-state index in [4.69, 9.17) is 10.7 Å². The number of aromatic nitrogens is 1. The summed E-state index contributed by atoms with van der Waals surface area (Å²) in [6.07, 6.45) is 1.66. The van der Waals surface area contributed by atoms with E-state index in [2.05, 4.69) is 30.9 Å². The third kappa shape index (κ3) is 2.82. The summed E-state index contributed by atoms with van der Waals surface area (Å²) in [6.45, 7) is 6.39. The summed E-state index contributed by atoms with van der Waals surface area (Å²) in [7, 11) is 0. The number of nitrogens with two attached hydrogens (primary N) is 1. The van der Waals surface area contributed by atoms with Crippen molar-refractivity contribution in [2.24, 2.45) is 5.73 Å². The summed E-state index contributed by atoms with van der Waals surface area (Å²) in [4.78, 5) is 6.90. The molecule has 1 fully saturated rings. The molecule has 100 valence electrons. The number of hydrogen-bond donors (Lipinski definition) is 2. The monoisotopic (exact) mass is 249 g/mol. The number of rotatable bonds is 3. The molecule has 18 heavy (non-hydrogen) atoms. The zero-order chi connectivity index (χ0) is 13.1. The number of β-amino-alcohol motifs (C(OH)–C–C–N with tert-alkyl or cyclic N) is 1. The molecule has 1 atom stereocenters. The van der Waals surface area contributed by atoms with Crippen molar-refractivity contribution < 1.29 is 5.11 Å². The molecule has 1 aromatic rings. The maximum Gasteiger partial charge on any atom is 0.133 e. The molecular formula is C14H23N3O. The SMILES string of the molecule is CC(C)c1ccc(CN)c(N2CCC[C@@H](O)C2)n1. The van der Waals surface area contributed by atoms with Crippen molar-refractivity contribution >= 4 is 5.82 Å². The van der Waals surface area contributed by atoms with E-state index < -0.39 is 0 Å². The quantitative estimate of drug-likeness (QED) is 0.854. The van der Waals surface area contributed by atoms with Crippen molar-refractivity contribution in [2.75, 3.05) is 18.0 Å². The first-order valence-corrected chi connectivity index (χ1v) is 6.74. The number of pyridine rings is 1. The van der Waals surface area contributed by atoms with Crippen LogP contribution in [0.1, 0.15) is 43.9 Å². The Labute approximate surface area is 109 Å². The molecule has 0 bridgehead atoms. The minimum Gasteiger partial charge on any atom is -0.391 e. The van der Waals surface area contributed by atoms with Crippen molar-refractivity contribution in [3.63, 3.8) is 0 Å². The fraction of sp³-hybridized carbons (Fsp3) is 0.643. The van der Waals surface area contributed by atoms with Gasteiger partial charge in [-0.1, -0.05) is 19.9 Å². The van der Waals surface area contributed by atoms with E-state index in [0.29, 0.717) is 19.0 Å². The van der Waals surface area contributed by atoms with Gasteiger partial charge in [-0.15, -0.1) is 0 Å². The van der Waals surface area contributed by atoms with Gasteiger partial charge in [-0.05, 0) is 24.8 Å². The van der Waals surface area contributed by atoms with Gasteiger partial charge in [0.2, 0.25) is 0 Å². The second-order valence-electron chi connectivity index (χ2n) is 5.32. The molecule has 1 saturated heterocycles. The van der Waals surface area contributed by atoms with E-state index in [1.165, 1.54) is 0 Å². The first-order valence-electron chi connectivity index (χ1n) is 6.74. The Balaban J connectivity index is 2.31. The van der Waals surface area contributed by atoms with Gasteiger partial charge in [0.05, 0.1) is 6.10 Å². The number of aliphatic hydroxyl groups is 1. The molecule has 4 nitrogen and oxygen atoms in total. The Kier molecular flexibility index (Phi) is 4.19. The van der Waals surface area contributed by atoms with Crippen molar-refractivity contribution in [2.45, 2.75) is 45.3 Å². The lowest BCUT2D eigenvalue weighted by molar-refractivity contribution is 0.153. The van der Waals surface area contributed by atoms with Crippen LogP contribution in [0.3, 0.4) is 0 Å². The zero-order valence-electron chi connectivity index (χ0n) is 11.3. The van der Waals surface area contributed by atoms with E-state index >= 15 is 0 Å². The van der Waals surface area contributed by atoms with Gasteiger partial charge in [-0.3, -0.25) is 0 Å². The lowest BCUT2D eigenvalue weighted by atomic mass is 10.1. The topological polar surface area (TPSA) is 62.4 Å². The van der Waals surface area contributed by atoms with Crippen LogP contribution < -0.4 is 10.6 Å². The maximum atomic E-state index is 9.78. The number of nitrogens with zero attached hydrogens (tertiary/aromatic N) is 2. The highest BCUT2D eigenvalue weighted by molar-refractivity contribution is 5.48. The summed E-state index contributed by atoms with van der Waals surface area (Å²) in [5, 5.41) is 9.78. The van der Waals surface area contributed by atoms with E-state index in [9.17, 15) is 5.11 Å². The van der Waals surface area contributed by atoms with E-state index in [-0.39, 0.29) is 6.10 Å². The van der Waals surface area contributed by atoms with Gasteiger partial charge in [0.1, 0.15) is 5.82 Å². The molecule has 2 heterocycles. The summed E-state index contributed by atoms with van der Waals surface area (Å²) < 4.78 is 0. The van der Waals surface area contributed by atoms with Crippen LogP contribution in [0.5, 0.6) is 0 Å². The predicted octanol–water partition coefficient (Wildman–Crippen LogP) is 1.62. The normalized spacial score (nSPS) is 20.5. The first-order chi connectivity index (χ1) is 8.61. The lowest BCUT2D eigenvalue weighted by Gasteiger charge is -2.32. The molecule has 1 aliphatic heterocycles. The smallest absolute Gasteiger partial charge is 0.133 e. The van der Waals surface area contributed by atoms with Gasteiger partial charge < -0.3 is 15.7 Å². The number of anilines is 1. The zero-order valence-corrected chi connectivity index (χ0v) is 11.3. The van der Waals surface area contributed by atoms with Gasteiger partial charge in [0, 0.05) is 30.9 Å². The molecule has 3 N–H and O–H groups in total. The van der Waals surface area contributed by atoms with Crippen LogP contribution in [0.25, 0.3) is 0 Å². The minimum atomic E-state index is -0.242. The molecule has 2 rings (SSSR count). The molecule has 4 heteroatoms. The second kappa shape index (κ2) is 5.67. The summed E-state index contributed by atoms with van der Waals surface area (Å²) in [5.41, 5.74) is 7.94. The molecule has 0 aromatic carbocycles. The fourth-order valence-corrected chi connectivity index (χ4v) is 2.39.